The first kappa shape index (κ1) is 18.3. The molecule has 2 N–H and O–H groups in total. The maximum absolute atomic E-state index is 12.6. The Morgan fingerprint density at radius 2 is 1.87 bits per heavy atom. The predicted octanol–water partition coefficient (Wildman–Crippen LogP) is 3.71. The number of fused-ring (bicyclic) bond motifs is 1. The van der Waals surface area contributed by atoms with E-state index in [1.165, 1.54) is 5.69 Å². The van der Waals surface area contributed by atoms with Crippen molar-refractivity contribution in [3.63, 3.8) is 0 Å². The number of hydrogen-bond acceptors (Lipinski definition) is 5. The fourth-order valence-electron chi connectivity index (χ4n) is 3.69. The van der Waals surface area contributed by atoms with Gasteiger partial charge in [0.1, 0.15) is 5.69 Å². The summed E-state index contributed by atoms with van der Waals surface area (Å²) in [7, 11) is 0. The largest absolute Gasteiger partial charge is 0.378 e. The number of carbonyl (C=O) groups is 1. The molecule has 0 saturated carbocycles. The van der Waals surface area contributed by atoms with Crippen molar-refractivity contribution in [3.05, 3.63) is 72.7 Å². The molecule has 1 fully saturated rings. The quantitative estimate of drug-likeness (QED) is 0.547. The molecule has 0 aliphatic carbocycles. The summed E-state index contributed by atoms with van der Waals surface area (Å²) in [5, 5.41) is 11.0. The van der Waals surface area contributed by atoms with Crippen molar-refractivity contribution in [2.24, 2.45) is 0 Å². The zero-order chi connectivity index (χ0) is 20.3. The number of benzene rings is 2. The number of pyridine rings is 1. The first-order valence-electron chi connectivity index (χ1n) is 9.90. The van der Waals surface area contributed by atoms with Gasteiger partial charge >= 0.3 is 0 Å². The molecule has 2 aromatic carbocycles. The van der Waals surface area contributed by atoms with E-state index in [1.807, 2.05) is 12.1 Å². The summed E-state index contributed by atoms with van der Waals surface area (Å²) in [4.78, 5) is 19.1. The predicted molar refractivity (Wildman–Crippen MR) is 117 cm³/mol. The molecule has 3 heterocycles. The lowest BCUT2D eigenvalue weighted by Crippen LogP contribution is -2.36. The molecule has 150 valence electrons. The number of nitrogens with one attached hydrogen (secondary N) is 2. The number of H-pyrrole nitrogens is 1. The fourth-order valence-corrected chi connectivity index (χ4v) is 3.69. The molecule has 1 aliphatic rings. The Bertz CT molecular complexity index is 1170. The number of anilines is 2. The maximum Gasteiger partial charge on any atom is 0.274 e. The van der Waals surface area contributed by atoms with Crippen LogP contribution < -0.4 is 10.2 Å². The van der Waals surface area contributed by atoms with Gasteiger partial charge in [0.2, 0.25) is 0 Å². The third-order valence-electron chi connectivity index (χ3n) is 5.28. The molecule has 0 unspecified atom stereocenters. The number of ether oxygens (including phenoxy) is 1. The Morgan fingerprint density at radius 3 is 2.63 bits per heavy atom. The molecule has 0 bridgehead atoms. The summed E-state index contributed by atoms with van der Waals surface area (Å²) >= 11 is 0. The molecule has 7 heteroatoms. The molecule has 1 amide bonds. The van der Waals surface area contributed by atoms with Crippen LogP contribution >= 0.6 is 0 Å². The molecular formula is C23H21N5O2. The van der Waals surface area contributed by atoms with E-state index < -0.39 is 0 Å². The standard InChI is InChI=1S/C23H21N5O2/c29-23(20-3-1-2-8-24-20)26-21-13-17(14-22-19(21)15-25-27-22)16-4-6-18(7-5-16)28-9-11-30-12-10-28/h1-8,13-15H,9-12H2,(H,25,27)(H,26,29). The van der Waals surface area contributed by atoms with Crippen molar-refractivity contribution in [2.45, 2.75) is 0 Å². The highest BCUT2D eigenvalue weighted by Crippen LogP contribution is 2.31. The van der Waals surface area contributed by atoms with Gasteiger partial charge in [0.05, 0.1) is 30.6 Å². The van der Waals surface area contributed by atoms with Crippen molar-refractivity contribution >= 4 is 28.2 Å². The van der Waals surface area contributed by atoms with Crippen LogP contribution in [0.1, 0.15) is 10.5 Å². The second-order valence-electron chi connectivity index (χ2n) is 7.17. The summed E-state index contributed by atoms with van der Waals surface area (Å²) < 4.78 is 5.43. The lowest BCUT2D eigenvalue weighted by atomic mass is 10.0. The molecule has 1 aliphatic heterocycles. The van der Waals surface area contributed by atoms with Crippen LogP contribution in [0.2, 0.25) is 0 Å². The first-order chi connectivity index (χ1) is 14.8. The molecule has 7 nitrogen and oxygen atoms in total. The molecule has 1 saturated heterocycles. The third kappa shape index (κ3) is 3.62. The molecule has 30 heavy (non-hydrogen) atoms. The van der Waals surface area contributed by atoms with E-state index in [9.17, 15) is 4.79 Å². The van der Waals surface area contributed by atoms with E-state index >= 15 is 0 Å². The van der Waals surface area contributed by atoms with Crippen molar-refractivity contribution in [1.29, 1.82) is 0 Å². The SMILES string of the molecule is O=C(Nc1cc(-c2ccc(N3CCOCC3)cc2)cc2[nH]ncc12)c1ccccn1. The van der Waals surface area contributed by atoms with Crippen LogP contribution in [-0.2, 0) is 4.74 Å². The van der Waals surface area contributed by atoms with Crippen molar-refractivity contribution < 1.29 is 9.53 Å². The molecule has 0 spiro atoms. The number of aromatic nitrogens is 3. The van der Waals surface area contributed by atoms with Crippen LogP contribution in [0.4, 0.5) is 11.4 Å². The summed E-state index contributed by atoms with van der Waals surface area (Å²) in [6.45, 7) is 3.33. The van der Waals surface area contributed by atoms with Crippen LogP contribution in [0.25, 0.3) is 22.0 Å². The Labute approximate surface area is 173 Å². The Balaban J connectivity index is 1.46. The molecule has 0 radical (unpaired) electrons. The van der Waals surface area contributed by atoms with E-state index in [1.54, 1.807) is 30.6 Å². The van der Waals surface area contributed by atoms with E-state index in [-0.39, 0.29) is 5.91 Å². The van der Waals surface area contributed by atoms with Crippen LogP contribution in [0.3, 0.4) is 0 Å². The van der Waals surface area contributed by atoms with Crippen LogP contribution in [0.15, 0.2) is 67.0 Å². The number of aromatic amines is 1. The molecular weight excluding hydrogens is 378 g/mol. The van der Waals surface area contributed by atoms with E-state index in [0.717, 1.165) is 48.3 Å². The lowest BCUT2D eigenvalue weighted by Gasteiger charge is -2.28. The normalized spacial score (nSPS) is 14.1. The highest BCUT2D eigenvalue weighted by Gasteiger charge is 2.14. The number of nitrogens with zero attached hydrogens (tertiary/aromatic N) is 3. The second-order valence-corrected chi connectivity index (χ2v) is 7.17. The van der Waals surface area contributed by atoms with Gasteiger partial charge in [-0.2, -0.15) is 5.10 Å². The number of hydrogen-bond donors (Lipinski definition) is 2. The van der Waals surface area contributed by atoms with Gasteiger partial charge in [-0.05, 0) is 47.5 Å². The Kier molecular flexibility index (Phi) is 4.86. The summed E-state index contributed by atoms with van der Waals surface area (Å²) in [6.07, 6.45) is 3.32. The molecule has 5 rings (SSSR count). The second kappa shape index (κ2) is 7.96. The number of carbonyl (C=O) groups excluding carboxylic acids is 1. The van der Waals surface area contributed by atoms with Crippen molar-refractivity contribution in [1.82, 2.24) is 15.2 Å². The van der Waals surface area contributed by atoms with E-state index in [4.69, 9.17) is 4.74 Å². The lowest BCUT2D eigenvalue weighted by molar-refractivity contribution is 0.102. The van der Waals surface area contributed by atoms with Gasteiger partial charge in [-0.1, -0.05) is 18.2 Å². The monoisotopic (exact) mass is 399 g/mol. The highest BCUT2D eigenvalue weighted by molar-refractivity contribution is 6.08. The number of morpholine rings is 1. The maximum atomic E-state index is 12.6. The zero-order valence-electron chi connectivity index (χ0n) is 16.3. The van der Waals surface area contributed by atoms with Crippen LogP contribution in [0, 0.1) is 0 Å². The minimum Gasteiger partial charge on any atom is -0.378 e. The summed E-state index contributed by atoms with van der Waals surface area (Å²) in [6, 6.07) is 17.8. The zero-order valence-corrected chi connectivity index (χ0v) is 16.3. The topological polar surface area (TPSA) is 83.1 Å². The van der Waals surface area contributed by atoms with Gasteiger partial charge in [0.25, 0.3) is 5.91 Å². The minimum absolute atomic E-state index is 0.252. The highest BCUT2D eigenvalue weighted by atomic mass is 16.5. The molecule has 2 aromatic heterocycles. The molecule has 0 atom stereocenters. The average Bonchev–Trinajstić information content (AvgIpc) is 3.29. The van der Waals surface area contributed by atoms with Gasteiger partial charge in [-0.3, -0.25) is 14.9 Å². The van der Waals surface area contributed by atoms with Gasteiger partial charge in [-0.15, -0.1) is 0 Å². The van der Waals surface area contributed by atoms with Crippen molar-refractivity contribution in [2.75, 3.05) is 36.5 Å². The van der Waals surface area contributed by atoms with Crippen LogP contribution in [0.5, 0.6) is 0 Å². The van der Waals surface area contributed by atoms with E-state index in [2.05, 4.69) is 49.7 Å². The van der Waals surface area contributed by atoms with Crippen LogP contribution in [-0.4, -0.2) is 47.4 Å². The minimum atomic E-state index is -0.252. The Hall–Kier alpha value is -3.71. The molecule has 4 aromatic rings. The summed E-state index contributed by atoms with van der Waals surface area (Å²) in [5.74, 6) is -0.252. The van der Waals surface area contributed by atoms with E-state index in [0.29, 0.717) is 11.4 Å². The summed E-state index contributed by atoms with van der Waals surface area (Å²) in [5.41, 5.74) is 5.18. The number of rotatable bonds is 4. The van der Waals surface area contributed by atoms with Gasteiger partial charge in [-0.25, -0.2) is 0 Å². The van der Waals surface area contributed by atoms with Gasteiger partial charge in [0.15, 0.2) is 0 Å². The number of amides is 1. The average molecular weight is 399 g/mol. The third-order valence-corrected chi connectivity index (χ3v) is 5.28. The van der Waals surface area contributed by atoms with Gasteiger partial charge in [0, 0.05) is 30.4 Å². The first-order valence-corrected chi connectivity index (χ1v) is 9.90. The Morgan fingerprint density at radius 1 is 1.03 bits per heavy atom. The van der Waals surface area contributed by atoms with Crippen molar-refractivity contribution in [3.8, 4) is 11.1 Å². The smallest absolute Gasteiger partial charge is 0.274 e. The van der Waals surface area contributed by atoms with Gasteiger partial charge < -0.3 is 15.0 Å². The fraction of sp³-hybridized carbons (Fsp3) is 0.174.